The van der Waals surface area contributed by atoms with Crippen LogP contribution in [0.5, 0.6) is 0 Å². The van der Waals surface area contributed by atoms with Crippen molar-refractivity contribution in [3.05, 3.63) is 36.5 Å². The standard InChI is InChI=1S/C63H116O6/c1-4-7-10-13-16-19-22-25-28-30-32-34-35-38-41-44-47-50-53-56-62(65)68-59-60(58-67-61(64)55-52-49-46-43-40-37-27-24-21-18-15-12-9-6-3)69-63(66)57-54-51-48-45-42-39-36-33-31-29-26-23-20-17-14-11-8-5-2/h29,31,33,36-37,40,60H,4-28,30,32,34-35,38-39,41-59H2,1-3H3/b31-29-,36-33-,40-37-. The van der Waals surface area contributed by atoms with Gasteiger partial charge in [0, 0.05) is 19.3 Å². The fourth-order valence-corrected chi connectivity index (χ4v) is 9.02. The molecule has 0 amide bonds. The first-order valence-electron chi connectivity index (χ1n) is 30.5. The molecule has 0 aliphatic carbocycles. The van der Waals surface area contributed by atoms with Gasteiger partial charge >= 0.3 is 17.9 Å². The summed E-state index contributed by atoms with van der Waals surface area (Å²) in [6, 6.07) is 0. The Hall–Kier alpha value is -2.37. The van der Waals surface area contributed by atoms with Gasteiger partial charge in [-0.3, -0.25) is 14.4 Å². The predicted molar refractivity (Wildman–Crippen MR) is 298 cm³/mol. The molecule has 0 spiro atoms. The van der Waals surface area contributed by atoms with Gasteiger partial charge in [0.25, 0.3) is 0 Å². The Labute approximate surface area is 429 Å². The summed E-state index contributed by atoms with van der Waals surface area (Å²) in [4.78, 5) is 38.2. The number of carbonyl (C=O) groups excluding carboxylic acids is 3. The Balaban J connectivity index is 4.36. The third-order valence-corrected chi connectivity index (χ3v) is 13.6. The molecule has 0 aromatic carbocycles. The van der Waals surface area contributed by atoms with E-state index in [0.29, 0.717) is 19.3 Å². The van der Waals surface area contributed by atoms with Crippen molar-refractivity contribution in [3.8, 4) is 0 Å². The van der Waals surface area contributed by atoms with Crippen LogP contribution >= 0.6 is 0 Å². The van der Waals surface area contributed by atoms with E-state index in [1.807, 2.05) is 0 Å². The Morgan fingerprint density at radius 3 is 0.826 bits per heavy atom. The second kappa shape index (κ2) is 58.2. The number of esters is 3. The van der Waals surface area contributed by atoms with Crippen molar-refractivity contribution in [3.63, 3.8) is 0 Å². The lowest BCUT2D eigenvalue weighted by molar-refractivity contribution is -0.167. The van der Waals surface area contributed by atoms with Crippen LogP contribution in [0.4, 0.5) is 0 Å². The molecule has 0 fully saturated rings. The van der Waals surface area contributed by atoms with Crippen molar-refractivity contribution in [2.75, 3.05) is 13.2 Å². The molecule has 0 bridgehead atoms. The smallest absolute Gasteiger partial charge is 0.306 e. The Bertz CT molecular complexity index is 1160. The third-order valence-electron chi connectivity index (χ3n) is 13.6. The van der Waals surface area contributed by atoms with E-state index in [-0.39, 0.29) is 31.1 Å². The van der Waals surface area contributed by atoms with Crippen LogP contribution in [-0.4, -0.2) is 37.2 Å². The van der Waals surface area contributed by atoms with Gasteiger partial charge < -0.3 is 14.2 Å². The molecule has 1 unspecified atom stereocenters. The van der Waals surface area contributed by atoms with Crippen LogP contribution in [-0.2, 0) is 28.6 Å². The minimum atomic E-state index is -0.784. The molecular formula is C63H116O6. The van der Waals surface area contributed by atoms with Crippen LogP contribution in [0.25, 0.3) is 0 Å². The highest BCUT2D eigenvalue weighted by Gasteiger charge is 2.19. The SMILES string of the molecule is CCCCCCCCC/C=C\C=C/CCCCCCCC(=O)OC(COC(=O)CCCCC/C=C\CCCCCCCCC)COC(=O)CCCCCCCCCCCCCCCCCCCCC. The zero-order chi connectivity index (χ0) is 50.0. The third kappa shape index (κ3) is 56.4. The van der Waals surface area contributed by atoms with Gasteiger partial charge in [-0.1, -0.05) is 276 Å². The number of allylic oxidation sites excluding steroid dienone is 6. The number of unbranched alkanes of at least 4 members (excludes halogenated alkanes) is 40. The molecule has 69 heavy (non-hydrogen) atoms. The van der Waals surface area contributed by atoms with Gasteiger partial charge in [0.1, 0.15) is 13.2 Å². The summed E-state index contributed by atoms with van der Waals surface area (Å²) in [7, 11) is 0. The largest absolute Gasteiger partial charge is 0.462 e. The molecule has 6 heteroatoms. The normalized spacial score (nSPS) is 12.2. The lowest BCUT2D eigenvalue weighted by Gasteiger charge is -2.18. The zero-order valence-corrected chi connectivity index (χ0v) is 46.3. The Morgan fingerprint density at radius 1 is 0.290 bits per heavy atom. The second-order valence-electron chi connectivity index (χ2n) is 20.6. The topological polar surface area (TPSA) is 78.9 Å². The number of ether oxygens (including phenoxy) is 3. The summed E-state index contributed by atoms with van der Waals surface area (Å²) in [6.07, 6.45) is 70.0. The molecule has 1 atom stereocenters. The van der Waals surface area contributed by atoms with Gasteiger partial charge in [0.2, 0.25) is 0 Å². The van der Waals surface area contributed by atoms with E-state index in [9.17, 15) is 14.4 Å². The van der Waals surface area contributed by atoms with E-state index in [4.69, 9.17) is 14.2 Å². The highest BCUT2D eigenvalue weighted by molar-refractivity contribution is 5.71. The predicted octanol–water partition coefficient (Wildman–Crippen LogP) is 20.4. The van der Waals surface area contributed by atoms with Gasteiger partial charge in [0.05, 0.1) is 0 Å². The van der Waals surface area contributed by atoms with Crippen molar-refractivity contribution >= 4 is 17.9 Å². The van der Waals surface area contributed by atoms with Gasteiger partial charge in [-0.05, 0) is 70.6 Å². The number of carbonyl (C=O) groups is 3. The second-order valence-corrected chi connectivity index (χ2v) is 20.6. The van der Waals surface area contributed by atoms with Crippen molar-refractivity contribution in [2.24, 2.45) is 0 Å². The maximum atomic E-state index is 12.9. The lowest BCUT2D eigenvalue weighted by Crippen LogP contribution is -2.30. The first-order chi connectivity index (χ1) is 34.0. The van der Waals surface area contributed by atoms with Gasteiger partial charge in [-0.2, -0.15) is 0 Å². The molecule has 0 aromatic heterocycles. The summed E-state index contributed by atoms with van der Waals surface area (Å²) in [6.45, 7) is 6.66. The van der Waals surface area contributed by atoms with E-state index in [1.54, 1.807) is 0 Å². The maximum absolute atomic E-state index is 12.9. The Kier molecular flexibility index (Phi) is 56.2. The average molecular weight is 970 g/mol. The number of hydrogen-bond donors (Lipinski definition) is 0. The van der Waals surface area contributed by atoms with E-state index < -0.39 is 6.10 Å². The number of hydrogen-bond acceptors (Lipinski definition) is 6. The van der Waals surface area contributed by atoms with Crippen LogP contribution in [0.2, 0.25) is 0 Å². The first-order valence-corrected chi connectivity index (χ1v) is 30.5. The van der Waals surface area contributed by atoms with Crippen LogP contribution < -0.4 is 0 Å². The summed E-state index contributed by atoms with van der Waals surface area (Å²) < 4.78 is 16.9. The maximum Gasteiger partial charge on any atom is 0.306 e. The fourth-order valence-electron chi connectivity index (χ4n) is 9.02. The van der Waals surface area contributed by atoms with Gasteiger partial charge in [0.15, 0.2) is 6.10 Å². The molecule has 404 valence electrons. The molecule has 0 aliphatic rings. The highest BCUT2D eigenvalue weighted by atomic mass is 16.6. The molecule has 0 N–H and O–H groups in total. The van der Waals surface area contributed by atoms with E-state index in [0.717, 1.165) is 89.9 Å². The van der Waals surface area contributed by atoms with E-state index >= 15 is 0 Å². The quantitative estimate of drug-likeness (QED) is 0.0199. The molecule has 0 aliphatic heterocycles. The first kappa shape index (κ1) is 66.6. The molecule has 0 heterocycles. The van der Waals surface area contributed by atoms with Crippen molar-refractivity contribution in [1.29, 1.82) is 0 Å². The van der Waals surface area contributed by atoms with Crippen molar-refractivity contribution in [1.82, 2.24) is 0 Å². The van der Waals surface area contributed by atoms with Crippen LogP contribution in [0, 0.1) is 0 Å². The summed E-state index contributed by atoms with van der Waals surface area (Å²) in [5, 5.41) is 0. The summed E-state index contributed by atoms with van der Waals surface area (Å²) in [5.74, 6) is -0.891. The minimum absolute atomic E-state index is 0.0794. The molecule has 0 saturated heterocycles. The highest BCUT2D eigenvalue weighted by Crippen LogP contribution is 2.17. The van der Waals surface area contributed by atoms with Crippen LogP contribution in [0.1, 0.15) is 329 Å². The molecular weight excluding hydrogens is 853 g/mol. The van der Waals surface area contributed by atoms with Crippen molar-refractivity contribution < 1.29 is 28.6 Å². The Morgan fingerprint density at radius 2 is 0.522 bits per heavy atom. The van der Waals surface area contributed by atoms with Gasteiger partial charge in [-0.15, -0.1) is 0 Å². The van der Waals surface area contributed by atoms with Crippen molar-refractivity contribution in [2.45, 2.75) is 335 Å². The van der Waals surface area contributed by atoms with E-state index in [1.165, 1.54) is 199 Å². The fraction of sp³-hybridized carbons (Fsp3) is 0.857. The zero-order valence-electron chi connectivity index (χ0n) is 46.3. The van der Waals surface area contributed by atoms with Gasteiger partial charge in [-0.25, -0.2) is 0 Å². The lowest BCUT2D eigenvalue weighted by atomic mass is 10.0. The molecule has 6 nitrogen and oxygen atoms in total. The van der Waals surface area contributed by atoms with Crippen LogP contribution in [0.3, 0.4) is 0 Å². The number of rotatable bonds is 56. The molecule has 0 saturated carbocycles. The minimum Gasteiger partial charge on any atom is -0.462 e. The summed E-state index contributed by atoms with van der Waals surface area (Å²) >= 11 is 0. The van der Waals surface area contributed by atoms with Crippen LogP contribution in [0.15, 0.2) is 36.5 Å². The molecule has 0 radical (unpaired) electrons. The molecule has 0 aromatic rings. The molecule has 0 rings (SSSR count). The van der Waals surface area contributed by atoms with E-state index in [2.05, 4.69) is 57.2 Å². The average Bonchev–Trinajstić information content (AvgIpc) is 3.35. The monoisotopic (exact) mass is 969 g/mol. The summed E-state index contributed by atoms with van der Waals surface area (Å²) in [5.41, 5.74) is 0.